The largest absolute Gasteiger partial charge is 0.467 e. The van der Waals surface area contributed by atoms with E-state index in [0.29, 0.717) is 12.3 Å². The zero-order valence-corrected chi connectivity index (χ0v) is 13.8. The van der Waals surface area contributed by atoms with Crippen LogP contribution in [-0.4, -0.2) is 28.4 Å². The van der Waals surface area contributed by atoms with E-state index in [4.69, 9.17) is 4.42 Å². The third kappa shape index (κ3) is 3.64. The van der Waals surface area contributed by atoms with Gasteiger partial charge in [-0.25, -0.2) is 4.68 Å². The number of halogens is 3. The van der Waals surface area contributed by atoms with Gasteiger partial charge in [-0.05, 0) is 18.1 Å². The van der Waals surface area contributed by atoms with E-state index in [9.17, 15) is 18.0 Å². The molecule has 6 nitrogen and oxygen atoms in total. The van der Waals surface area contributed by atoms with Crippen LogP contribution in [0.15, 0.2) is 28.9 Å². The van der Waals surface area contributed by atoms with Crippen molar-refractivity contribution in [2.75, 3.05) is 11.9 Å². The van der Waals surface area contributed by atoms with Gasteiger partial charge >= 0.3 is 6.18 Å². The van der Waals surface area contributed by atoms with E-state index < -0.39 is 24.2 Å². The molecule has 1 aliphatic heterocycles. The summed E-state index contributed by atoms with van der Waals surface area (Å²) in [5.41, 5.74) is -0.0440. The Kier molecular flexibility index (Phi) is 4.49. The van der Waals surface area contributed by atoms with E-state index >= 15 is 0 Å². The molecule has 1 aliphatic rings. The Morgan fingerprint density at radius 1 is 1.52 bits per heavy atom. The third-order valence-electron chi connectivity index (χ3n) is 3.98. The maximum atomic E-state index is 13.5. The summed E-state index contributed by atoms with van der Waals surface area (Å²) in [5, 5.41) is 9.51. The molecule has 0 aliphatic carbocycles. The van der Waals surface area contributed by atoms with Gasteiger partial charge < -0.3 is 15.1 Å². The molecule has 1 amide bonds. The second-order valence-electron chi connectivity index (χ2n) is 6.47. The lowest BCUT2D eigenvalue weighted by atomic mass is 10.0. The number of carbonyl (C=O) groups excluding carboxylic acids is 1. The SMILES string of the molecule is CC(C)CNC(=O)c1cc2n(n1)[C@@H](C(F)(F)F)C[C@@H](c1ccco1)N2. The minimum atomic E-state index is -4.49. The van der Waals surface area contributed by atoms with Crippen LogP contribution in [0.4, 0.5) is 19.0 Å². The lowest BCUT2D eigenvalue weighted by Gasteiger charge is -2.32. The van der Waals surface area contributed by atoms with Crippen LogP contribution in [0, 0.1) is 5.92 Å². The molecular formula is C16H19F3N4O2. The van der Waals surface area contributed by atoms with Gasteiger partial charge in [-0.1, -0.05) is 13.8 Å². The Morgan fingerprint density at radius 2 is 2.28 bits per heavy atom. The monoisotopic (exact) mass is 356 g/mol. The number of nitrogens with zero attached hydrogens (tertiary/aromatic N) is 2. The van der Waals surface area contributed by atoms with Crippen molar-refractivity contribution in [3.8, 4) is 0 Å². The zero-order valence-electron chi connectivity index (χ0n) is 13.8. The van der Waals surface area contributed by atoms with Crippen molar-refractivity contribution in [3.63, 3.8) is 0 Å². The molecule has 9 heteroatoms. The van der Waals surface area contributed by atoms with Gasteiger partial charge in [0.25, 0.3) is 5.91 Å². The van der Waals surface area contributed by atoms with Gasteiger partial charge in [-0.2, -0.15) is 18.3 Å². The molecule has 25 heavy (non-hydrogen) atoms. The average Bonchev–Trinajstić information content (AvgIpc) is 3.19. The fourth-order valence-corrected chi connectivity index (χ4v) is 2.75. The molecule has 2 N–H and O–H groups in total. The number of alkyl halides is 3. The van der Waals surface area contributed by atoms with Gasteiger partial charge in [0.2, 0.25) is 0 Å². The van der Waals surface area contributed by atoms with Crippen molar-refractivity contribution in [1.29, 1.82) is 0 Å². The predicted octanol–water partition coefficient (Wildman–Crippen LogP) is 3.52. The molecule has 3 heterocycles. The smallest absolute Gasteiger partial charge is 0.410 e. The Balaban J connectivity index is 1.89. The van der Waals surface area contributed by atoms with Gasteiger partial charge in [0.05, 0.1) is 12.3 Å². The van der Waals surface area contributed by atoms with Crippen LogP contribution in [0.1, 0.15) is 48.6 Å². The van der Waals surface area contributed by atoms with Crippen LogP contribution in [-0.2, 0) is 0 Å². The molecule has 2 atom stereocenters. The molecule has 0 unspecified atom stereocenters. The predicted molar refractivity (Wildman–Crippen MR) is 84.2 cm³/mol. The number of carbonyl (C=O) groups is 1. The summed E-state index contributed by atoms with van der Waals surface area (Å²) < 4.78 is 46.5. The molecule has 0 spiro atoms. The highest BCUT2D eigenvalue weighted by atomic mass is 19.4. The highest BCUT2D eigenvalue weighted by Crippen LogP contribution is 2.43. The topological polar surface area (TPSA) is 72.1 Å². The Bertz CT molecular complexity index is 737. The molecule has 0 fully saturated rings. The number of hydrogen-bond acceptors (Lipinski definition) is 4. The second-order valence-corrected chi connectivity index (χ2v) is 6.47. The summed E-state index contributed by atoms with van der Waals surface area (Å²) >= 11 is 0. The van der Waals surface area contributed by atoms with Crippen molar-refractivity contribution < 1.29 is 22.4 Å². The zero-order chi connectivity index (χ0) is 18.2. The average molecular weight is 356 g/mol. The molecule has 0 aromatic carbocycles. The van der Waals surface area contributed by atoms with Crippen molar-refractivity contribution in [1.82, 2.24) is 15.1 Å². The van der Waals surface area contributed by atoms with Gasteiger partial charge in [0.1, 0.15) is 11.6 Å². The fourth-order valence-electron chi connectivity index (χ4n) is 2.75. The Morgan fingerprint density at radius 3 is 2.88 bits per heavy atom. The van der Waals surface area contributed by atoms with Gasteiger partial charge in [0, 0.05) is 19.0 Å². The number of nitrogens with one attached hydrogen (secondary N) is 2. The standard InChI is InChI=1S/C16H19F3N4O2/c1-9(2)8-20-15(24)11-7-14-21-10(12-4-3-5-25-12)6-13(16(17,18)19)23(14)22-11/h3-5,7,9-10,13,21H,6,8H2,1-2H3,(H,20,24)/t10-,13+/m0/s1. The summed E-state index contributed by atoms with van der Waals surface area (Å²) in [6, 6.07) is 2.11. The molecule has 2 aromatic rings. The van der Waals surface area contributed by atoms with Crippen LogP contribution in [0.2, 0.25) is 0 Å². The molecule has 3 rings (SSSR count). The van der Waals surface area contributed by atoms with Crippen LogP contribution in [0.3, 0.4) is 0 Å². The molecule has 0 saturated heterocycles. The maximum absolute atomic E-state index is 13.5. The molecular weight excluding hydrogens is 337 g/mol. The first-order chi connectivity index (χ1) is 11.8. The lowest BCUT2D eigenvalue weighted by Crippen LogP contribution is -2.35. The van der Waals surface area contributed by atoms with Crippen molar-refractivity contribution >= 4 is 11.7 Å². The highest BCUT2D eigenvalue weighted by Gasteiger charge is 2.47. The van der Waals surface area contributed by atoms with E-state index in [1.54, 1.807) is 12.1 Å². The lowest BCUT2D eigenvalue weighted by molar-refractivity contribution is -0.174. The van der Waals surface area contributed by atoms with Crippen molar-refractivity contribution in [2.45, 2.75) is 38.5 Å². The number of fused-ring (bicyclic) bond motifs is 1. The van der Waals surface area contributed by atoms with Crippen LogP contribution < -0.4 is 10.6 Å². The summed E-state index contributed by atoms with van der Waals surface area (Å²) in [6.07, 6.45) is -3.34. The fraction of sp³-hybridized carbons (Fsp3) is 0.500. The summed E-state index contributed by atoms with van der Waals surface area (Å²) in [7, 11) is 0. The van der Waals surface area contributed by atoms with E-state index in [0.717, 1.165) is 4.68 Å². The van der Waals surface area contributed by atoms with Crippen molar-refractivity contribution in [2.24, 2.45) is 5.92 Å². The minimum Gasteiger partial charge on any atom is -0.467 e. The maximum Gasteiger partial charge on any atom is 0.410 e. The number of rotatable bonds is 4. The quantitative estimate of drug-likeness (QED) is 0.879. The Labute approximate surface area is 142 Å². The molecule has 0 bridgehead atoms. The molecule has 2 aromatic heterocycles. The molecule has 136 valence electrons. The van der Waals surface area contributed by atoms with Crippen LogP contribution in [0.5, 0.6) is 0 Å². The van der Waals surface area contributed by atoms with E-state index in [1.165, 1.54) is 12.3 Å². The van der Waals surface area contributed by atoms with E-state index in [-0.39, 0.29) is 23.9 Å². The van der Waals surface area contributed by atoms with Crippen LogP contribution in [0.25, 0.3) is 0 Å². The van der Waals surface area contributed by atoms with Crippen LogP contribution >= 0.6 is 0 Å². The third-order valence-corrected chi connectivity index (χ3v) is 3.98. The number of furan rings is 1. The molecule has 0 saturated carbocycles. The second kappa shape index (κ2) is 6.45. The summed E-state index contributed by atoms with van der Waals surface area (Å²) in [6.45, 7) is 4.27. The van der Waals surface area contributed by atoms with E-state index in [1.807, 2.05) is 13.8 Å². The summed E-state index contributed by atoms with van der Waals surface area (Å²) in [5.74, 6) is 0.288. The minimum absolute atomic E-state index is 0.0440. The number of hydrogen-bond donors (Lipinski definition) is 2. The number of amides is 1. The first-order valence-corrected chi connectivity index (χ1v) is 8.00. The van der Waals surface area contributed by atoms with Gasteiger partial charge in [-0.15, -0.1) is 0 Å². The Hall–Kier alpha value is -2.45. The highest BCUT2D eigenvalue weighted by molar-refractivity contribution is 5.93. The number of anilines is 1. The number of aromatic nitrogens is 2. The van der Waals surface area contributed by atoms with Crippen molar-refractivity contribution in [3.05, 3.63) is 35.9 Å². The van der Waals surface area contributed by atoms with Gasteiger partial charge in [-0.3, -0.25) is 4.79 Å². The first-order valence-electron chi connectivity index (χ1n) is 8.00. The van der Waals surface area contributed by atoms with Gasteiger partial charge in [0.15, 0.2) is 11.7 Å². The summed E-state index contributed by atoms with van der Waals surface area (Å²) in [4.78, 5) is 12.1. The van der Waals surface area contributed by atoms with E-state index in [2.05, 4.69) is 15.7 Å². The first kappa shape index (κ1) is 17.4. The molecule has 0 radical (unpaired) electrons. The normalized spacial score (nSPS) is 20.2.